The Morgan fingerprint density at radius 2 is 2.27 bits per heavy atom. The number of carboxylic acids is 1. The molecule has 116 valence electrons. The molecule has 0 spiro atoms. The van der Waals surface area contributed by atoms with Gasteiger partial charge in [-0.05, 0) is 23.1 Å². The summed E-state index contributed by atoms with van der Waals surface area (Å²) in [7, 11) is 0. The van der Waals surface area contributed by atoms with Crippen molar-refractivity contribution < 1.29 is 19.1 Å². The summed E-state index contributed by atoms with van der Waals surface area (Å²) in [6, 6.07) is 4.77. The first-order valence-electron chi connectivity index (χ1n) is 6.79. The van der Waals surface area contributed by atoms with Gasteiger partial charge in [-0.1, -0.05) is 23.3 Å². The Balaban J connectivity index is 2.15. The maximum Gasteiger partial charge on any atom is 0.326 e. The van der Waals surface area contributed by atoms with Crippen LogP contribution in [0.1, 0.15) is 12.0 Å². The van der Waals surface area contributed by atoms with Crippen molar-refractivity contribution in [1.82, 2.24) is 4.90 Å². The molecule has 1 amide bonds. The summed E-state index contributed by atoms with van der Waals surface area (Å²) in [5, 5.41) is 12.8. The van der Waals surface area contributed by atoms with Gasteiger partial charge in [0, 0.05) is 30.8 Å². The fourth-order valence-corrected chi connectivity index (χ4v) is 2.59. The predicted octanol–water partition coefficient (Wildman–Crippen LogP) is 1.98. The number of hydrogen-bond donors (Lipinski definition) is 1. The number of carboxylic acid groups (broad SMARTS) is 1. The highest BCUT2D eigenvalue weighted by atomic mass is 19.1. The van der Waals surface area contributed by atoms with Crippen LogP contribution in [0.4, 0.5) is 4.39 Å². The topological polar surface area (TPSA) is 106 Å². The first-order valence-corrected chi connectivity index (χ1v) is 6.79. The molecule has 0 radical (unpaired) electrons. The molecule has 2 rings (SSSR count). The zero-order valence-electron chi connectivity index (χ0n) is 11.7. The summed E-state index contributed by atoms with van der Waals surface area (Å²) in [6.07, 6.45) is 0.0437. The highest BCUT2D eigenvalue weighted by molar-refractivity contribution is 5.85. The van der Waals surface area contributed by atoms with Crippen LogP contribution < -0.4 is 0 Å². The lowest BCUT2D eigenvalue weighted by Gasteiger charge is -2.25. The molecule has 1 heterocycles. The number of benzene rings is 1. The van der Waals surface area contributed by atoms with Gasteiger partial charge in [-0.25, -0.2) is 9.18 Å². The molecule has 1 unspecified atom stereocenters. The third kappa shape index (κ3) is 3.53. The van der Waals surface area contributed by atoms with E-state index >= 15 is 0 Å². The summed E-state index contributed by atoms with van der Waals surface area (Å²) in [5.74, 6) is -2.19. The second-order valence-electron chi connectivity index (χ2n) is 5.18. The molecule has 1 aromatic rings. The average Bonchev–Trinajstić information content (AvgIpc) is 2.84. The molecule has 7 nitrogen and oxygen atoms in total. The number of hydrogen-bond acceptors (Lipinski definition) is 3. The minimum Gasteiger partial charge on any atom is -0.480 e. The minimum absolute atomic E-state index is 0.0953. The highest BCUT2D eigenvalue weighted by Crippen LogP contribution is 2.23. The van der Waals surface area contributed by atoms with Crippen LogP contribution >= 0.6 is 0 Å². The molecule has 0 bridgehead atoms. The molecule has 1 fully saturated rings. The third-order valence-corrected chi connectivity index (χ3v) is 3.67. The molecule has 1 aliphatic heterocycles. The normalized spacial score (nSPS) is 18.9. The minimum atomic E-state index is -1.18. The van der Waals surface area contributed by atoms with Crippen LogP contribution in [0.3, 0.4) is 0 Å². The van der Waals surface area contributed by atoms with Gasteiger partial charge in [0.15, 0.2) is 0 Å². The highest BCUT2D eigenvalue weighted by Gasteiger charge is 2.37. The zero-order valence-corrected chi connectivity index (χ0v) is 11.7. The second-order valence-corrected chi connectivity index (χ2v) is 5.18. The quantitative estimate of drug-likeness (QED) is 0.493. The first kappa shape index (κ1) is 15.8. The summed E-state index contributed by atoms with van der Waals surface area (Å²) in [4.78, 5) is 27.3. The van der Waals surface area contributed by atoms with E-state index in [0.29, 0.717) is 0 Å². The molecular formula is C14H15FN4O3. The van der Waals surface area contributed by atoms with E-state index in [0.717, 1.165) is 0 Å². The maximum atomic E-state index is 13.7. The van der Waals surface area contributed by atoms with Crippen LogP contribution in [0.2, 0.25) is 0 Å². The third-order valence-electron chi connectivity index (χ3n) is 3.67. The number of carbonyl (C=O) groups excluding carboxylic acids is 1. The van der Waals surface area contributed by atoms with Crippen LogP contribution in [-0.4, -0.2) is 41.0 Å². The van der Waals surface area contributed by atoms with Crippen molar-refractivity contribution in [1.29, 1.82) is 0 Å². The van der Waals surface area contributed by atoms with Crippen LogP contribution in [-0.2, 0) is 16.0 Å². The summed E-state index contributed by atoms with van der Waals surface area (Å²) in [5.41, 5.74) is 8.56. The number of halogens is 1. The fraction of sp³-hybridized carbons (Fsp3) is 0.429. The molecule has 22 heavy (non-hydrogen) atoms. The van der Waals surface area contributed by atoms with E-state index in [4.69, 9.17) is 5.53 Å². The molecule has 1 aliphatic rings. The smallest absolute Gasteiger partial charge is 0.326 e. The molecule has 1 aromatic carbocycles. The number of azide groups is 1. The number of carbonyl (C=O) groups is 2. The summed E-state index contributed by atoms with van der Waals surface area (Å²) in [6.45, 7) is 0.341. The van der Waals surface area contributed by atoms with Gasteiger partial charge in [-0.2, -0.15) is 0 Å². The Hall–Kier alpha value is -2.60. The van der Waals surface area contributed by atoms with Crippen molar-refractivity contribution in [2.45, 2.75) is 18.9 Å². The molecule has 0 aromatic heterocycles. The number of rotatable bonds is 6. The van der Waals surface area contributed by atoms with Crippen molar-refractivity contribution >= 4 is 11.9 Å². The Morgan fingerprint density at radius 1 is 1.55 bits per heavy atom. The lowest BCUT2D eigenvalue weighted by molar-refractivity contribution is -0.148. The van der Waals surface area contributed by atoms with Crippen LogP contribution in [0.5, 0.6) is 0 Å². The average molecular weight is 306 g/mol. The Bertz CT molecular complexity index is 630. The van der Waals surface area contributed by atoms with Crippen molar-refractivity contribution in [2.24, 2.45) is 11.0 Å². The Labute approximate surface area is 126 Å². The lowest BCUT2D eigenvalue weighted by atomic mass is 10.0. The van der Waals surface area contributed by atoms with Gasteiger partial charge in [-0.3, -0.25) is 4.79 Å². The largest absolute Gasteiger partial charge is 0.480 e. The van der Waals surface area contributed by atoms with Gasteiger partial charge in [0.25, 0.3) is 0 Å². The molecule has 2 atom stereocenters. The number of aliphatic carboxylic acids is 1. The van der Waals surface area contributed by atoms with Crippen LogP contribution in [0.15, 0.2) is 29.4 Å². The standard InChI is InChI=1S/C14H15FN4O3/c15-11-4-2-1-3-10(11)6-12(14(21)22)19-8-9(5-13(19)20)7-17-18-16/h1-4,9,12H,5-8H2,(H,21,22)/t9?,12-/m1/s1. The second kappa shape index (κ2) is 6.91. The molecular weight excluding hydrogens is 291 g/mol. The van der Waals surface area contributed by atoms with Crippen molar-refractivity contribution in [2.75, 3.05) is 13.1 Å². The van der Waals surface area contributed by atoms with Gasteiger partial charge >= 0.3 is 5.97 Å². The summed E-state index contributed by atoms with van der Waals surface area (Å²) >= 11 is 0. The molecule has 1 saturated heterocycles. The van der Waals surface area contributed by atoms with E-state index in [1.165, 1.54) is 23.1 Å². The fourth-order valence-electron chi connectivity index (χ4n) is 2.59. The van der Waals surface area contributed by atoms with Gasteiger partial charge in [0.05, 0.1) is 0 Å². The molecule has 0 saturated carbocycles. The van der Waals surface area contributed by atoms with Crippen molar-refractivity contribution in [3.63, 3.8) is 0 Å². The molecule has 1 N–H and O–H groups in total. The van der Waals surface area contributed by atoms with Crippen LogP contribution in [0, 0.1) is 11.7 Å². The Kier molecular flexibility index (Phi) is 4.95. The zero-order chi connectivity index (χ0) is 16.1. The van der Waals surface area contributed by atoms with Gasteiger partial charge in [-0.15, -0.1) is 0 Å². The number of nitrogens with zero attached hydrogens (tertiary/aromatic N) is 4. The predicted molar refractivity (Wildman–Crippen MR) is 75.4 cm³/mol. The van der Waals surface area contributed by atoms with E-state index in [1.807, 2.05) is 0 Å². The van der Waals surface area contributed by atoms with E-state index in [9.17, 15) is 19.1 Å². The van der Waals surface area contributed by atoms with E-state index in [1.54, 1.807) is 6.07 Å². The van der Waals surface area contributed by atoms with E-state index in [-0.39, 0.29) is 43.3 Å². The van der Waals surface area contributed by atoms with Gasteiger partial charge < -0.3 is 10.0 Å². The van der Waals surface area contributed by atoms with Crippen LogP contribution in [0.25, 0.3) is 10.4 Å². The number of likely N-dealkylation sites (tertiary alicyclic amines) is 1. The molecule has 8 heteroatoms. The van der Waals surface area contributed by atoms with E-state index < -0.39 is 17.8 Å². The molecule has 0 aliphatic carbocycles. The maximum absolute atomic E-state index is 13.7. The monoisotopic (exact) mass is 306 g/mol. The Morgan fingerprint density at radius 3 is 2.91 bits per heavy atom. The lowest BCUT2D eigenvalue weighted by Crippen LogP contribution is -2.44. The SMILES string of the molecule is [N-]=[N+]=NCC1CC(=O)N([C@H](Cc2ccccc2F)C(=O)O)C1. The van der Waals surface area contributed by atoms with Crippen molar-refractivity contribution in [3.05, 3.63) is 46.1 Å². The first-order chi connectivity index (χ1) is 10.5. The van der Waals surface area contributed by atoms with Crippen molar-refractivity contribution in [3.8, 4) is 0 Å². The summed E-state index contributed by atoms with van der Waals surface area (Å²) < 4.78 is 13.7. The van der Waals surface area contributed by atoms with Gasteiger partial charge in [0.2, 0.25) is 5.91 Å². The van der Waals surface area contributed by atoms with Gasteiger partial charge in [0.1, 0.15) is 11.9 Å². The van der Waals surface area contributed by atoms with E-state index in [2.05, 4.69) is 10.0 Å². The number of amides is 1.